The summed E-state index contributed by atoms with van der Waals surface area (Å²) in [5, 5.41) is 14.2. The van der Waals surface area contributed by atoms with E-state index in [1.165, 1.54) is 25.9 Å². The molecular weight excluding hydrogens is 378 g/mol. The van der Waals surface area contributed by atoms with E-state index in [0.717, 1.165) is 31.7 Å². The number of aliphatic carboxylic acids is 2. The van der Waals surface area contributed by atoms with Crippen LogP contribution in [-0.2, 0) is 14.3 Å². The van der Waals surface area contributed by atoms with Crippen LogP contribution >= 0.6 is 0 Å². The van der Waals surface area contributed by atoms with Crippen LogP contribution in [0, 0.1) is 5.92 Å². The van der Waals surface area contributed by atoms with Crippen molar-refractivity contribution in [2.45, 2.75) is 31.2 Å². The van der Waals surface area contributed by atoms with Gasteiger partial charge < -0.3 is 20.7 Å². The van der Waals surface area contributed by atoms with Crippen LogP contribution in [0.2, 0.25) is 0 Å². The van der Waals surface area contributed by atoms with Gasteiger partial charge in [0.1, 0.15) is 0 Å². The number of hydrogen-bond acceptors (Lipinski definition) is 5. The molecule has 0 aromatic rings. The molecule has 154 valence electrons. The minimum Gasteiger partial charge on any atom is -0.475 e. The van der Waals surface area contributed by atoms with E-state index in [2.05, 4.69) is 4.90 Å². The third kappa shape index (κ3) is 9.77. The Hall–Kier alpha value is -1.60. The van der Waals surface area contributed by atoms with E-state index in [-0.39, 0.29) is 0 Å². The van der Waals surface area contributed by atoms with E-state index in [1.54, 1.807) is 0 Å². The summed E-state index contributed by atoms with van der Waals surface area (Å²) in [6.45, 7) is 5.21. The van der Waals surface area contributed by atoms with Crippen LogP contribution < -0.4 is 5.73 Å². The molecule has 0 bridgehead atoms. The number of nitrogens with zero attached hydrogens (tertiary/aromatic N) is 1. The van der Waals surface area contributed by atoms with Crippen molar-refractivity contribution < 1.29 is 50.9 Å². The standard InChI is InChI=1S/C9H18N2O.2C2HF3O2/c10-5-8-6-11(7-8)9-1-3-12-4-2-9;2*3-2(4,5)1(6)7/h8-9H,1-7,10H2;2*(H,6,7). The van der Waals surface area contributed by atoms with Gasteiger partial charge in [-0.3, -0.25) is 4.90 Å². The van der Waals surface area contributed by atoms with Crippen molar-refractivity contribution in [3.05, 3.63) is 0 Å². The number of rotatable bonds is 2. The summed E-state index contributed by atoms with van der Waals surface area (Å²) in [7, 11) is 0. The maximum absolute atomic E-state index is 10.6. The number of alkyl halides is 6. The molecule has 0 amide bonds. The number of carboxylic acids is 2. The fourth-order valence-electron chi connectivity index (χ4n) is 2.11. The van der Waals surface area contributed by atoms with Crippen molar-refractivity contribution in [1.29, 1.82) is 0 Å². The van der Waals surface area contributed by atoms with Crippen LogP contribution in [0.3, 0.4) is 0 Å². The van der Waals surface area contributed by atoms with Crippen molar-refractivity contribution in [2.75, 3.05) is 32.8 Å². The summed E-state index contributed by atoms with van der Waals surface area (Å²) in [4.78, 5) is 20.3. The van der Waals surface area contributed by atoms with Gasteiger partial charge in [-0.15, -0.1) is 0 Å². The van der Waals surface area contributed by atoms with Crippen LogP contribution in [0.1, 0.15) is 12.8 Å². The van der Waals surface area contributed by atoms with Crippen molar-refractivity contribution >= 4 is 11.9 Å². The fraction of sp³-hybridized carbons (Fsp3) is 0.846. The van der Waals surface area contributed by atoms with E-state index >= 15 is 0 Å². The first-order valence-electron chi connectivity index (χ1n) is 7.41. The van der Waals surface area contributed by atoms with Gasteiger partial charge in [0.2, 0.25) is 0 Å². The highest BCUT2D eigenvalue weighted by atomic mass is 19.4. The second-order valence-corrected chi connectivity index (χ2v) is 5.51. The highest BCUT2D eigenvalue weighted by molar-refractivity contribution is 5.73. The number of likely N-dealkylation sites (tertiary alicyclic amines) is 1. The molecule has 2 heterocycles. The zero-order valence-corrected chi connectivity index (χ0v) is 13.5. The molecule has 0 atom stereocenters. The number of nitrogens with two attached hydrogens (primary N) is 1. The molecule has 0 radical (unpaired) electrons. The molecule has 26 heavy (non-hydrogen) atoms. The largest absolute Gasteiger partial charge is 0.490 e. The maximum atomic E-state index is 10.6. The van der Waals surface area contributed by atoms with Gasteiger partial charge in [0.05, 0.1) is 0 Å². The first-order chi connectivity index (χ1) is 11.8. The first-order valence-corrected chi connectivity index (χ1v) is 7.41. The normalized spacial score (nSPS) is 19.3. The number of halogens is 6. The summed E-state index contributed by atoms with van der Waals surface area (Å²) >= 11 is 0. The Bertz CT molecular complexity index is 421. The molecule has 2 aliphatic rings. The van der Waals surface area contributed by atoms with E-state index in [0.29, 0.717) is 0 Å². The number of ether oxygens (including phenoxy) is 1. The van der Waals surface area contributed by atoms with Gasteiger partial charge in [-0.25, -0.2) is 9.59 Å². The third-order valence-electron chi connectivity index (χ3n) is 3.51. The lowest BCUT2D eigenvalue weighted by molar-refractivity contribution is -0.193. The second kappa shape index (κ2) is 10.5. The summed E-state index contributed by atoms with van der Waals surface area (Å²) < 4.78 is 68.8. The summed E-state index contributed by atoms with van der Waals surface area (Å²) in [5.74, 6) is -4.74. The predicted octanol–water partition coefficient (Wildman–Crippen LogP) is 1.32. The van der Waals surface area contributed by atoms with Crippen molar-refractivity contribution in [2.24, 2.45) is 11.7 Å². The zero-order chi connectivity index (χ0) is 20.5. The summed E-state index contributed by atoms with van der Waals surface area (Å²) in [6.07, 6.45) is -7.73. The van der Waals surface area contributed by atoms with Crippen molar-refractivity contribution in [3.63, 3.8) is 0 Å². The van der Waals surface area contributed by atoms with Crippen molar-refractivity contribution in [1.82, 2.24) is 4.90 Å². The van der Waals surface area contributed by atoms with Gasteiger partial charge in [-0.2, -0.15) is 26.3 Å². The molecule has 2 fully saturated rings. The fourth-order valence-corrected chi connectivity index (χ4v) is 2.11. The molecule has 0 saturated carbocycles. The molecule has 4 N–H and O–H groups in total. The summed E-state index contributed by atoms with van der Waals surface area (Å²) in [5.41, 5.74) is 5.57. The number of carboxylic acid groups (broad SMARTS) is 2. The first kappa shape index (κ1) is 24.4. The monoisotopic (exact) mass is 398 g/mol. The number of carbonyl (C=O) groups is 2. The topological polar surface area (TPSA) is 113 Å². The molecule has 2 saturated heterocycles. The van der Waals surface area contributed by atoms with E-state index in [9.17, 15) is 26.3 Å². The van der Waals surface area contributed by atoms with Gasteiger partial charge in [0, 0.05) is 32.3 Å². The third-order valence-corrected chi connectivity index (χ3v) is 3.51. The molecule has 13 heteroatoms. The Labute approximate surface area is 144 Å². The SMILES string of the molecule is NCC1CN(C2CCOCC2)C1.O=C(O)C(F)(F)F.O=C(O)C(F)(F)F. The Kier molecular flexibility index (Phi) is 9.88. The highest BCUT2D eigenvalue weighted by Crippen LogP contribution is 2.23. The molecule has 0 aromatic heterocycles. The van der Waals surface area contributed by atoms with E-state index in [1.807, 2.05) is 0 Å². The minimum atomic E-state index is -5.08. The van der Waals surface area contributed by atoms with Gasteiger partial charge >= 0.3 is 24.3 Å². The van der Waals surface area contributed by atoms with E-state index < -0.39 is 24.3 Å². The van der Waals surface area contributed by atoms with Crippen molar-refractivity contribution in [3.8, 4) is 0 Å². The smallest absolute Gasteiger partial charge is 0.475 e. The lowest BCUT2D eigenvalue weighted by Gasteiger charge is -2.45. The molecule has 7 nitrogen and oxygen atoms in total. The summed E-state index contributed by atoms with van der Waals surface area (Å²) in [6, 6.07) is 0.793. The molecule has 0 aliphatic carbocycles. The lowest BCUT2D eigenvalue weighted by Crippen LogP contribution is -2.55. The van der Waals surface area contributed by atoms with Crippen LogP contribution in [0.25, 0.3) is 0 Å². The lowest BCUT2D eigenvalue weighted by atomic mass is 9.95. The predicted molar refractivity (Wildman–Crippen MR) is 75.3 cm³/mol. The van der Waals surface area contributed by atoms with Crippen LogP contribution in [0.4, 0.5) is 26.3 Å². The maximum Gasteiger partial charge on any atom is 0.490 e. The minimum absolute atomic E-state index is 0.771. The molecule has 0 aromatic carbocycles. The number of hydrogen-bond donors (Lipinski definition) is 3. The Morgan fingerprint density at radius 3 is 1.58 bits per heavy atom. The second-order valence-electron chi connectivity index (χ2n) is 5.51. The van der Waals surface area contributed by atoms with Gasteiger partial charge in [0.25, 0.3) is 0 Å². The zero-order valence-electron chi connectivity index (χ0n) is 13.5. The molecular formula is C13H20F6N2O5. The average Bonchev–Trinajstić information content (AvgIpc) is 2.46. The van der Waals surface area contributed by atoms with Crippen LogP contribution in [-0.4, -0.2) is 78.3 Å². The van der Waals surface area contributed by atoms with Gasteiger partial charge in [-0.05, 0) is 25.3 Å². The quantitative estimate of drug-likeness (QED) is 0.602. The molecule has 2 rings (SSSR count). The Morgan fingerprint density at radius 1 is 0.962 bits per heavy atom. The Balaban J connectivity index is 0.000000390. The van der Waals surface area contributed by atoms with E-state index in [4.69, 9.17) is 30.3 Å². The molecule has 0 spiro atoms. The molecule has 2 aliphatic heterocycles. The van der Waals surface area contributed by atoms with Crippen LogP contribution in [0.5, 0.6) is 0 Å². The van der Waals surface area contributed by atoms with Crippen LogP contribution in [0.15, 0.2) is 0 Å². The van der Waals surface area contributed by atoms with Gasteiger partial charge in [0.15, 0.2) is 0 Å². The Morgan fingerprint density at radius 2 is 1.31 bits per heavy atom. The van der Waals surface area contributed by atoms with Gasteiger partial charge in [-0.1, -0.05) is 0 Å². The highest BCUT2D eigenvalue weighted by Gasteiger charge is 2.38. The average molecular weight is 398 g/mol. The molecule has 0 unspecified atom stereocenters.